The first-order chi connectivity index (χ1) is 25.1. The Bertz CT molecular complexity index is 2410. The van der Waals surface area contributed by atoms with Gasteiger partial charge >= 0.3 is 7.12 Å². The van der Waals surface area contributed by atoms with Crippen molar-refractivity contribution in [1.82, 2.24) is 49.9 Å². The van der Waals surface area contributed by atoms with Crippen LogP contribution in [0.2, 0.25) is 0 Å². The molecule has 2 heterocycles. The average Bonchev–Trinajstić information content (AvgIpc) is 3.77. The Hall–Kier alpha value is -5.52. The molecule has 0 aliphatic heterocycles. The zero-order valence-corrected chi connectivity index (χ0v) is 30.3. The lowest BCUT2D eigenvalue weighted by atomic mass is 9.80. The van der Waals surface area contributed by atoms with E-state index in [0.29, 0.717) is 27.9 Å². The molecule has 2 aromatic heterocycles. The van der Waals surface area contributed by atoms with E-state index in [1.807, 2.05) is 0 Å². The molecule has 0 amide bonds. The maximum atomic E-state index is 14.0. The second kappa shape index (κ2) is 17.3. The van der Waals surface area contributed by atoms with Crippen LogP contribution in [0.1, 0.15) is 11.1 Å². The van der Waals surface area contributed by atoms with Crippen molar-refractivity contribution in [2.75, 3.05) is 19.8 Å². The van der Waals surface area contributed by atoms with Gasteiger partial charge < -0.3 is 15.8 Å². The lowest BCUT2D eigenvalue weighted by Crippen LogP contribution is -2.32. The molecule has 6 aromatic rings. The molecule has 0 saturated heterocycles. The first-order valence-corrected chi connectivity index (χ1v) is 18.2. The molecular weight excluding hydrogens is 735 g/mol. The molecule has 0 atom stereocenters. The smallest absolute Gasteiger partial charge is 0.423 e. The number of nitrogens with two attached hydrogens (primary N) is 1. The molecule has 17 nitrogen and oxygen atoms in total. The molecule has 0 bridgehead atoms. The lowest BCUT2D eigenvalue weighted by Gasteiger charge is -2.10. The summed E-state index contributed by atoms with van der Waals surface area (Å²) < 4.78 is 78.5. The molecule has 0 saturated carbocycles. The summed E-state index contributed by atoms with van der Waals surface area (Å²) in [6.07, 6.45) is 0.278. The standard InChI is InChI=1S/C16H16FN5O2S.C9H12N6O2S.C6H6BFO2/c1-18-25(23,24)13-8-7-11(9-12-5-3-4-6-15(12)17)14(10-13)16-19-21-22(2)20-16;1-11-18(16,17)6-3-4-8(10)7(5-6)9-12-14-15(2)13-9;8-6-4-2-1-3-5(6)7(9)10/h3-8,10,18H,9H2,1-2H3;3-5,11H,10H2,1-2H3;1-4,9-10H. The molecule has 0 aliphatic carbocycles. The molecule has 0 spiro atoms. The zero-order chi connectivity index (χ0) is 38.9. The minimum absolute atomic E-state index is 0.0785. The largest absolute Gasteiger partial charge is 0.491 e. The molecule has 0 aliphatic rings. The number of sulfonamides is 2. The average molecular weight is 770 g/mol. The predicted octanol–water partition coefficient (Wildman–Crippen LogP) is 0.388. The number of aryl methyl sites for hydroxylation is 2. The van der Waals surface area contributed by atoms with Crippen LogP contribution in [0.3, 0.4) is 0 Å². The second-order valence-corrected chi connectivity index (χ2v) is 14.6. The summed E-state index contributed by atoms with van der Waals surface area (Å²) in [6, 6.07) is 20.9. The number of tetrazole rings is 2. The number of benzene rings is 4. The summed E-state index contributed by atoms with van der Waals surface area (Å²) in [5.74, 6) is -0.366. The van der Waals surface area contributed by atoms with E-state index in [2.05, 4.69) is 40.3 Å². The third kappa shape index (κ3) is 10.3. The summed E-state index contributed by atoms with van der Waals surface area (Å²) in [5.41, 5.74) is 8.20. The van der Waals surface area contributed by atoms with Gasteiger partial charge in [0.25, 0.3) is 0 Å². The van der Waals surface area contributed by atoms with Crippen molar-refractivity contribution < 1.29 is 35.7 Å². The van der Waals surface area contributed by atoms with Crippen molar-refractivity contribution in [3.05, 3.63) is 108 Å². The third-order valence-corrected chi connectivity index (χ3v) is 10.1. The summed E-state index contributed by atoms with van der Waals surface area (Å²) in [7, 11) is -2.97. The highest BCUT2D eigenvalue weighted by Gasteiger charge is 2.19. The molecule has 278 valence electrons. The summed E-state index contributed by atoms with van der Waals surface area (Å²) in [4.78, 5) is 2.73. The van der Waals surface area contributed by atoms with Crippen molar-refractivity contribution in [3.8, 4) is 22.8 Å². The molecule has 22 heteroatoms. The van der Waals surface area contributed by atoms with E-state index < -0.39 is 33.0 Å². The summed E-state index contributed by atoms with van der Waals surface area (Å²) >= 11 is 0. The second-order valence-electron chi connectivity index (χ2n) is 10.9. The van der Waals surface area contributed by atoms with Crippen LogP contribution < -0.4 is 20.6 Å². The maximum Gasteiger partial charge on any atom is 0.491 e. The van der Waals surface area contributed by atoms with Crippen LogP contribution >= 0.6 is 0 Å². The monoisotopic (exact) mass is 769 g/mol. The number of hydrogen-bond acceptors (Lipinski definition) is 13. The SMILES string of the molecule is CNS(=O)(=O)c1ccc(Cc2ccccc2F)c(-c2nnn(C)n2)c1.CNS(=O)(=O)c1ccc(N)c(-c2nnn(C)n2)c1.OB(O)c1ccccc1F. The Balaban J connectivity index is 0.000000195. The number of hydrogen-bond donors (Lipinski definition) is 5. The normalized spacial score (nSPS) is 11.2. The fraction of sp³-hybridized carbons (Fsp3) is 0.161. The van der Waals surface area contributed by atoms with Crippen molar-refractivity contribution in [2.24, 2.45) is 14.1 Å². The van der Waals surface area contributed by atoms with Crippen LogP contribution in [0.25, 0.3) is 22.8 Å². The lowest BCUT2D eigenvalue weighted by molar-refractivity contribution is 0.423. The van der Waals surface area contributed by atoms with Crippen LogP contribution in [-0.2, 0) is 40.6 Å². The Morgan fingerprint density at radius 2 is 1.19 bits per heavy atom. The van der Waals surface area contributed by atoms with Crippen molar-refractivity contribution in [3.63, 3.8) is 0 Å². The first kappa shape index (κ1) is 40.3. The van der Waals surface area contributed by atoms with Crippen LogP contribution in [0.5, 0.6) is 0 Å². The summed E-state index contributed by atoms with van der Waals surface area (Å²) in [6.45, 7) is 0. The Labute approximate surface area is 303 Å². The van der Waals surface area contributed by atoms with Gasteiger partial charge in [-0.2, -0.15) is 9.59 Å². The zero-order valence-electron chi connectivity index (χ0n) is 28.6. The van der Waals surface area contributed by atoms with Gasteiger partial charge in [0.05, 0.1) is 23.9 Å². The Morgan fingerprint density at radius 3 is 1.66 bits per heavy atom. The van der Waals surface area contributed by atoms with E-state index in [0.717, 1.165) is 0 Å². The van der Waals surface area contributed by atoms with Crippen LogP contribution in [0.15, 0.2) is 94.7 Å². The van der Waals surface area contributed by atoms with Crippen molar-refractivity contribution >= 4 is 38.3 Å². The topological polar surface area (TPSA) is 246 Å². The highest BCUT2D eigenvalue weighted by Crippen LogP contribution is 2.27. The van der Waals surface area contributed by atoms with Crippen LogP contribution in [-0.4, -0.2) is 88.5 Å². The number of halogens is 2. The van der Waals surface area contributed by atoms with Crippen LogP contribution in [0, 0.1) is 11.6 Å². The molecule has 4 aromatic carbocycles. The molecular formula is C31H34BF2N11O6S2. The molecule has 53 heavy (non-hydrogen) atoms. The first-order valence-electron chi connectivity index (χ1n) is 15.3. The van der Waals surface area contributed by atoms with Gasteiger partial charge in [0, 0.05) is 28.7 Å². The van der Waals surface area contributed by atoms with E-state index in [-0.39, 0.29) is 39.1 Å². The quantitative estimate of drug-likeness (QED) is 0.0988. The summed E-state index contributed by atoms with van der Waals surface area (Å²) in [5, 5.41) is 40.4. The van der Waals surface area contributed by atoms with Gasteiger partial charge in [-0.3, -0.25) is 0 Å². The molecule has 6 rings (SSSR count). The maximum absolute atomic E-state index is 14.0. The predicted molar refractivity (Wildman–Crippen MR) is 191 cm³/mol. The fourth-order valence-electron chi connectivity index (χ4n) is 4.53. The number of nitrogen functional groups attached to an aromatic ring is 1. The number of rotatable bonds is 9. The van der Waals surface area contributed by atoms with E-state index in [1.165, 1.54) is 84.4 Å². The minimum Gasteiger partial charge on any atom is -0.423 e. The number of nitrogens with zero attached hydrogens (tertiary/aromatic N) is 8. The van der Waals surface area contributed by atoms with E-state index in [4.69, 9.17) is 15.8 Å². The fourth-order valence-corrected chi connectivity index (χ4v) is 6.04. The third-order valence-electron chi connectivity index (χ3n) is 7.28. The van der Waals surface area contributed by atoms with Gasteiger partial charge in [0.2, 0.25) is 31.7 Å². The molecule has 0 fully saturated rings. The molecule has 6 N–H and O–H groups in total. The van der Waals surface area contributed by atoms with Gasteiger partial charge in [-0.15, -0.1) is 20.4 Å². The van der Waals surface area contributed by atoms with E-state index >= 15 is 0 Å². The molecule has 0 radical (unpaired) electrons. The molecule has 0 unspecified atom stereocenters. The number of anilines is 1. The van der Waals surface area contributed by atoms with Gasteiger partial charge in [0.15, 0.2) is 0 Å². The number of nitrogens with one attached hydrogen (secondary N) is 2. The Morgan fingerprint density at radius 1 is 0.698 bits per heavy atom. The van der Waals surface area contributed by atoms with Gasteiger partial charge in [-0.1, -0.05) is 42.5 Å². The highest BCUT2D eigenvalue weighted by molar-refractivity contribution is 7.89. The van der Waals surface area contributed by atoms with Gasteiger partial charge in [-0.05, 0) is 78.1 Å². The minimum atomic E-state index is -3.63. The van der Waals surface area contributed by atoms with Crippen LogP contribution in [0.4, 0.5) is 14.5 Å². The van der Waals surface area contributed by atoms with E-state index in [9.17, 15) is 25.6 Å². The Kier molecular flexibility index (Phi) is 13.2. The van der Waals surface area contributed by atoms with E-state index in [1.54, 1.807) is 38.4 Å². The van der Waals surface area contributed by atoms with Crippen molar-refractivity contribution in [2.45, 2.75) is 16.2 Å². The number of aromatic nitrogens is 8. The van der Waals surface area contributed by atoms with Gasteiger partial charge in [-0.25, -0.2) is 35.1 Å². The van der Waals surface area contributed by atoms with Gasteiger partial charge in [0.1, 0.15) is 11.6 Å². The highest BCUT2D eigenvalue weighted by atomic mass is 32.2. The van der Waals surface area contributed by atoms with Crippen molar-refractivity contribution in [1.29, 1.82) is 0 Å².